The number of aliphatic hydroxyl groups excluding tert-OH is 1. The van der Waals surface area contributed by atoms with Crippen LogP contribution in [-0.2, 0) is 0 Å². The minimum absolute atomic E-state index is 0.0315. The van der Waals surface area contributed by atoms with Crippen molar-refractivity contribution in [2.24, 2.45) is 5.92 Å². The van der Waals surface area contributed by atoms with Gasteiger partial charge in [0.05, 0.1) is 11.0 Å². The number of urea groups is 1. The molecular weight excluding hydrogens is 262 g/mol. The first-order chi connectivity index (χ1) is 9.40. The Hall–Kier alpha value is -2.15. The third-order valence-electron chi connectivity index (χ3n) is 2.83. The molecule has 7 heteroatoms. The molecule has 0 aliphatic carbocycles. The van der Waals surface area contributed by atoms with E-state index in [2.05, 4.69) is 10.6 Å². The van der Waals surface area contributed by atoms with Crippen LogP contribution in [-0.4, -0.2) is 28.7 Å². The summed E-state index contributed by atoms with van der Waals surface area (Å²) in [6.07, 6.45) is 0.0282. The molecule has 1 rings (SSSR count). The van der Waals surface area contributed by atoms with Gasteiger partial charge in [0.25, 0.3) is 5.69 Å². The van der Waals surface area contributed by atoms with E-state index in [0.717, 1.165) is 0 Å². The Labute approximate surface area is 117 Å². The van der Waals surface area contributed by atoms with Crippen LogP contribution in [0.2, 0.25) is 0 Å². The molecule has 7 nitrogen and oxygen atoms in total. The standard InChI is InChI=1S/C13H19N3O4/c1-9(2)12(17)7-8-14-13(18)15-10-3-5-11(6-4-10)16(19)20/h3-6,9,12,17H,7-8H2,1-2H3,(H2,14,15,18). The minimum Gasteiger partial charge on any atom is -0.393 e. The Morgan fingerprint density at radius 1 is 1.35 bits per heavy atom. The number of nitrogens with one attached hydrogen (secondary N) is 2. The summed E-state index contributed by atoms with van der Waals surface area (Å²) in [6.45, 7) is 4.17. The molecule has 0 saturated carbocycles. The average Bonchev–Trinajstić information content (AvgIpc) is 2.39. The highest BCUT2D eigenvalue weighted by atomic mass is 16.6. The molecule has 1 atom stereocenters. The predicted octanol–water partition coefficient (Wildman–Crippen LogP) is 2.12. The SMILES string of the molecule is CC(C)C(O)CCNC(=O)Nc1ccc([N+](=O)[O-])cc1. The van der Waals surface area contributed by atoms with Gasteiger partial charge in [-0.15, -0.1) is 0 Å². The second-order valence-corrected chi connectivity index (χ2v) is 4.78. The van der Waals surface area contributed by atoms with Crippen molar-refractivity contribution in [1.82, 2.24) is 5.32 Å². The second-order valence-electron chi connectivity index (χ2n) is 4.78. The molecule has 0 heterocycles. The van der Waals surface area contributed by atoms with E-state index in [-0.39, 0.29) is 11.6 Å². The molecule has 110 valence electrons. The van der Waals surface area contributed by atoms with Crippen LogP contribution in [0.1, 0.15) is 20.3 Å². The van der Waals surface area contributed by atoms with E-state index in [9.17, 15) is 20.0 Å². The summed E-state index contributed by atoms with van der Waals surface area (Å²) in [5, 5.41) is 25.2. The number of carbonyl (C=O) groups is 1. The molecule has 0 radical (unpaired) electrons. The summed E-state index contributed by atoms with van der Waals surface area (Å²) >= 11 is 0. The number of non-ortho nitro benzene ring substituents is 1. The van der Waals surface area contributed by atoms with E-state index >= 15 is 0 Å². The largest absolute Gasteiger partial charge is 0.393 e. The second kappa shape index (κ2) is 7.44. The first-order valence-electron chi connectivity index (χ1n) is 6.37. The molecule has 0 aliphatic rings. The Balaban J connectivity index is 2.37. The lowest BCUT2D eigenvalue weighted by molar-refractivity contribution is -0.384. The predicted molar refractivity (Wildman–Crippen MR) is 75.6 cm³/mol. The summed E-state index contributed by atoms with van der Waals surface area (Å²) in [5.41, 5.74) is 0.438. The van der Waals surface area contributed by atoms with Crippen molar-refractivity contribution < 1.29 is 14.8 Å². The Morgan fingerprint density at radius 2 is 1.95 bits per heavy atom. The van der Waals surface area contributed by atoms with Crippen molar-refractivity contribution in [3.8, 4) is 0 Å². The normalized spacial score (nSPS) is 12.0. The highest BCUT2D eigenvalue weighted by molar-refractivity contribution is 5.89. The van der Waals surface area contributed by atoms with E-state index in [1.807, 2.05) is 13.8 Å². The highest BCUT2D eigenvalue weighted by Gasteiger charge is 2.10. The first-order valence-corrected chi connectivity index (χ1v) is 6.37. The Kier molecular flexibility index (Phi) is 5.92. The zero-order valence-electron chi connectivity index (χ0n) is 11.5. The average molecular weight is 281 g/mol. The molecule has 0 aromatic heterocycles. The number of nitro benzene ring substituents is 1. The fraction of sp³-hybridized carbons (Fsp3) is 0.462. The lowest BCUT2D eigenvalue weighted by atomic mass is 10.0. The van der Waals surface area contributed by atoms with Gasteiger partial charge < -0.3 is 15.7 Å². The molecule has 2 amide bonds. The molecule has 20 heavy (non-hydrogen) atoms. The summed E-state index contributed by atoms with van der Waals surface area (Å²) in [6, 6.07) is 5.15. The van der Waals surface area contributed by atoms with Gasteiger partial charge in [0, 0.05) is 24.4 Å². The van der Waals surface area contributed by atoms with E-state index in [1.165, 1.54) is 24.3 Å². The number of carbonyl (C=O) groups excluding carboxylic acids is 1. The number of anilines is 1. The number of rotatable bonds is 6. The van der Waals surface area contributed by atoms with Gasteiger partial charge in [-0.1, -0.05) is 13.8 Å². The van der Waals surface area contributed by atoms with Crippen LogP contribution >= 0.6 is 0 Å². The number of hydrogen-bond donors (Lipinski definition) is 3. The summed E-state index contributed by atoms with van der Waals surface area (Å²) in [7, 11) is 0. The molecule has 3 N–H and O–H groups in total. The van der Waals surface area contributed by atoms with Crippen molar-refractivity contribution in [2.45, 2.75) is 26.4 Å². The van der Waals surface area contributed by atoms with Crippen LogP contribution in [0.5, 0.6) is 0 Å². The lowest BCUT2D eigenvalue weighted by Gasteiger charge is -2.14. The molecule has 0 fully saturated rings. The minimum atomic E-state index is -0.503. The maximum atomic E-state index is 11.5. The van der Waals surface area contributed by atoms with Gasteiger partial charge >= 0.3 is 6.03 Å². The number of benzene rings is 1. The monoisotopic (exact) mass is 281 g/mol. The third kappa shape index (κ3) is 5.23. The van der Waals surface area contributed by atoms with E-state index < -0.39 is 17.1 Å². The van der Waals surface area contributed by atoms with Gasteiger partial charge in [-0.05, 0) is 24.5 Å². The molecule has 1 aromatic carbocycles. The fourth-order valence-electron chi connectivity index (χ4n) is 1.51. The summed E-state index contributed by atoms with van der Waals surface area (Å²) < 4.78 is 0. The molecule has 0 saturated heterocycles. The van der Waals surface area contributed by atoms with Gasteiger partial charge in [-0.25, -0.2) is 4.79 Å². The smallest absolute Gasteiger partial charge is 0.319 e. The van der Waals surface area contributed by atoms with Crippen LogP contribution in [0.25, 0.3) is 0 Å². The van der Waals surface area contributed by atoms with Crippen LogP contribution in [0, 0.1) is 16.0 Å². The van der Waals surface area contributed by atoms with E-state index in [0.29, 0.717) is 18.7 Å². The zero-order chi connectivity index (χ0) is 15.1. The van der Waals surface area contributed by atoms with Crippen LogP contribution in [0.3, 0.4) is 0 Å². The summed E-state index contributed by atoms with van der Waals surface area (Å²) in [4.78, 5) is 21.5. The number of aliphatic hydroxyl groups is 1. The van der Waals surface area contributed by atoms with Crippen molar-refractivity contribution in [3.63, 3.8) is 0 Å². The Morgan fingerprint density at radius 3 is 2.45 bits per heavy atom. The van der Waals surface area contributed by atoms with E-state index in [1.54, 1.807) is 0 Å². The van der Waals surface area contributed by atoms with E-state index in [4.69, 9.17) is 0 Å². The van der Waals surface area contributed by atoms with Crippen LogP contribution < -0.4 is 10.6 Å². The van der Waals surface area contributed by atoms with Crippen LogP contribution in [0.4, 0.5) is 16.2 Å². The van der Waals surface area contributed by atoms with Gasteiger partial charge in [-0.2, -0.15) is 0 Å². The van der Waals surface area contributed by atoms with Gasteiger partial charge in [-0.3, -0.25) is 10.1 Å². The van der Waals surface area contributed by atoms with Crippen molar-refractivity contribution >= 4 is 17.4 Å². The number of nitrogens with zero attached hydrogens (tertiary/aromatic N) is 1. The maximum absolute atomic E-state index is 11.5. The third-order valence-corrected chi connectivity index (χ3v) is 2.83. The van der Waals surface area contributed by atoms with Crippen LogP contribution in [0.15, 0.2) is 24.3 Å². The number of hydrogen-bond acceptors (Lipinski definition) is 4. The first kappa shape index (κ1) is 15.9. The van der Waals surface area contributed by atoms with Gasteiger partial charge in [0.2, 0.25) is 0 Å². The van der Waals surface area contributed by atoms with Gasteiger partial charge in [0.15, 0.2) is 0 Å². The maximum Gasteiger partial charge on any atom is 0.319 e. The summed E-state index contributed by atoms with van der Waals surface area (Å²) in [5.74, 6) is 0.148. The topological polar surface area (TPSA) is 104 Å². The highest BCUT2D eigenvalue weighted by Crippen LogP contribution is 2.15. The molecule has 0 spiro atoms. The van der Waals surface area contributed by atoms with Crippen molar-refractivity contribution in [2.75, 3.05) is 11.9 Å². The van der Waals surface area contributed by atoms with Crippen molar-refractivity contribution in [1.29, 1.82) is 0 Å². The fourth-order valence-corrected chi connectivity index (χ4v) is 1.51. The Bertz CT molecular complexity index is 459. The quantitative estimate of drug-likeness (QED) is 0.548. The molecule has 0 aliphatic heterocycles. The van der Waals surface area contributed by atoms with Gasteiger partial charge in [0.1, 0.15) is 0 Å². The zero-order valence-corrected chi connectivity index (χ0v) is 11.5. The van der Waals surface area contributed by atoms with Crippen molar-refractivity contribution in [3.05, 3.63) is 34.4 Å². The molecular formula is C13H19N3O4. The molecule has 0 bridgehead atoms. The molecule has 1 aromatic rings. The molecule has 1 unspecified atom stereocenters. The number of amides is 2. The number of nitro groups is 1. The lowest BCUT2D eigenvalue weighted by Crippen LogP contribution is -2.32.